The maximum Gasteiger partial charge on any atom is 0.160 e. The van der Waals surface area contributed by atoms with Crippen LogP contribution in [0.3, 0.4) is 0 Å². The van der Waals surface area contributed by atoms with Gasteiger partial charge in [0, 0.05) is 17.0 Å². The predicted molar refractivity (Wildman–Crippen MR) is 78.5 cm³/mol. The second-order valence-electron chi connectivity index (χ2n) is 4.20. The molecule has 0 spiro atoms. The first kappa shape index (κ1) is 15.0. The highest BCUT2D eigenvalue weighted by Gasteiger charge is 2.41. The van der Waals surface area contributed by atoms with Crippen molar-refractivity contribution in [2.24, 2.45) is 5.92 Å². The van der Waals surface area contributed by atoms with Crippen LogP contribution in [0.4, 0.5) is 0 Å². The van der Waals surface area contributed by atoms with Crippen molar-refractivity contribution in [3.63, 3.8) is 0 Å². The number of nitrogens with zero attached hydrogens (tertiary/aromatic N) is 2. The summed E-state index contributed by atoms with van der Waals surface area (Å²) in [6, 6.07) is 4.13. The van der Waals surface area contributed by atoms with Crippen molar-refractivity contribution in [1.82, 2.24) is 4.98 Å². The molecule has 1 N–H and O–H groups in total. The summed E-state index contributed by atoms with van der Waals surface area (Å²) < 4.78 is -0.781. The van der Waals surface area contributed by atoms with Crippen LogP contribution in [0.2, 0.25) is 0 Å². The van der Waals surface area contributed by atoms with Gasteiger partial charge in [-0.1, -0.05) is 6.92 Å². The Hall–Kier alpha value is -1.04. The molecular formula is C13H17N3S2. The number of hydrogen-bond acceptors (Lipinski definition) is 4. The molecule has 0 aliphatic heterocycles. The molecule has 1 unspecified atom stereocenters. The molecule has 0 fully saturated rings. The molecule has 18 heavy (non-hydrogen) atoms. The number of thiol groups is 1. The van der Waals surface area contributed by atoms with E-state index in [9.17, 15) is 10.5 Å². The molecular weight excluding hydrogens is 262 g/mol. The van der Waals surface area contributed by atoms with Gasteiger partial charge in [0.1, 0.15) is 4.08 Å². The van der Waals surface area contributed by atoms with Crippen molar-refractivity contribution in [2.75, 3.05) is 5.75 Å². The molecule has 0 aliphatic carbocycles. The molecule has 96 valence electrons. The van der Waals surface area contributed by atoms with Crippen molar-refractivity contribution in [1.29, 1.82) is 10.5 Å². The molecule has 0 aliphatic rings. The van der Waals surface area contributed by atoms with E-state index in [1.54, 1.807) is 0 Å². The minimum absolute atomic E-state index is 0.779. The molecule has 0 bridgehead atoms. The van der Waals surface area contributed by atoms with Gasteiger partial charge >= 0.3 is 0 Å². The highest BCUT2D eigenvalue weighted by atomic mass is 32.2. The second-order valence-corrected chi connectivity index (χ2v) is 6.71. The van der Waals surface area contributed by atoms with E-state index in [-0.39, 0.29) is 0 Å². The lowest BCUT2D eigenvalue weighted by molar-refractivity contribution is 0.750. The minimum Gasteiger partial charge on any atom is -0.362 e. The summed E-state index contributed by atoms with van der Waals surface area (Å²) in [4.78, 5) is 3.26. The van der Waals surface area contributed by atoms with E-state index in [1.165, 1.54) is 11.8 Å². The summed E-state index contributed by atoms with van der Waals surface area (Å²) in [6.07, 6.45) is 0. The Bertz CT molecular complexity index is 508. The van der Waals surface area contributed by atoms with Crippen LogP contribution in [-0.4, -0.2) is 10.7 Å². The minimum atomic E-state index is -0.781. The SMILES string of the molecule is CCSC(S)(c1c(C)[nH]c(C)c1C)C(C#N)C#N. The van der Waals surface area contributed by atoms with Gasteiger partial charge in [-0.3, -0.25) is 0 Å². The molecule has 1 rings (SSSR count). The number of aryl methyl sites for hydroxylation is 2. The zero-order chi connectivity index (χ0) is 13.9. The monoisotopic (exact) mass is 279 g/mol. The van der Waals surface area contributed by atoms with Crippen molar-refractivity contribution >= 4 is 24.4 Å². The summed E-state index contributed by atoms with van der Waals surface area (Å²) >= 11 is 6.22. The fourth-order valence-corrected chi connectivity index (χ4v) is 4.17. The van der Waals surface area contributed by atoms with Gasteiger partial charge in [-0.2, -0.15) is 23.2 Å². The second kappa shape index (κ2) is 5.73. The van der Waals surface area contributed by atoms with Gasteiger partial charge in [0.25, 0.3) is 0 Å². The molecule has 1 aromatic rings. The van der Waals surface area contributed by atoms with Crippen molar-refractivity contribution in [3.8, 4) is 12.1 Å². The number of aromatic nitrogens is 1. The van der Waals surface area contributed by atoms with Crippen LogP contribution in [0.25, 0.3) is 0 Å². The van der Waals surface area contributed by atoms with Gasteiger partial charge in [0.2, 0.25) is 0 Å². The first-order valence-corrected chi connectivity index (χ1v) is 7.17. The Morgan fingerprint density at radius 2 is 1.83 bits per heavy atom. The zero-order valence-corrected chi connectivity index (χ0v) is 12.7. The van der Waals surface area contributed by atoms with E-state index in [0.717, 1.165) is 28.3 Å². The maximum atomic E-state index is 9.19. The Kier molecular flexibility index (Phi) is 4.78. The molecule has 1 atom stereocenters. The van der Waals surface area contributed by atoms with Crippen LogP contribution in [0, 0.1) is 49.4 Å². The van der Waals surface area contributed by atoms with E-state index in [2.05, 4.69) is 17.1 Å². The Labute approximate surface area is 118 Å². The Morgan fingerprint density at radius 3 is 2.17 bits per heavy atom. The smallest absolute Gasteiger partial charge is 0.160 e. The molecule has 1 heterocycles. The third-order valence-electron chi connectivity index (χ3n) is 3.06. The first-order chi connectivity index (χ1) is 8.42. The highest BCUT2D eigenvalue weighted by Crippen LogP contribution is 2.49. The largest absolute Gasteiger partial charge is 0.362 e. The van der Waals surface area contributed by atoms with Crippen molar-refractivity contribution < 1.29 is 0 Å². The molecule has 5 heteroatoms. The average molecular weight is 279 g/mol. The van der Waals surface area contributed by atoms with Gasteiger partial charge in [-0.25, -0.2) is 0 Å². The molecule has 0 saturated heterocycles. The lowest BCUT2D eigenvalue weighted by Crippen LogP contribution is -2.26. The van der Waals surface area contributed by atoms with Crippen LogP contribution in [0.5, 0.6) is 0 Å². The molecule has 0 radical (unpaired) electrons. The molecule has 1 aromatic heterocycles. The standard InChI is InChI=1S/C13H17N3S2/c1-5-18-13(17,11(6-14)7-15)12-8(2)9(3)16-10(12)4/h11,16-17H,5H2,1-4H3. The van der Waals surface area contributed by atoms with Crippen LogP contribution in [-0.2, 0) is 4.08 Å². The number of aromatic amines is 1. The quantitative estimate of drug-likeness (QED) is 0.655. The number of H-pyrrole nitrogens is 1. The molecule has 0 aromatic carbocycles. The summed E-state index contributed by atoms with van der Waals surface area (Å²) in [7, 11) is 0. The fourth-order valence-electron chi connectivity index (χ4n) is 2.17. The van der Waals surface area contributed by atoms with Crippen molar-refractivity contribution in [3.05, 3.63) is 22.5 Å². The van der Waals surface area contributed by atoms with Crippen LogP contribution < -0.4 is 0 Å². The Balaban J connectivity index is 3.46. The summed E-state index contributed by atoms with van der Waals surface area (Å²) in [5, 5.41) is 18.4. The number of nitriles is 2. The van der Waals surface area contributed by atoms with Gasteiger partial charge in [-0.15, -0.1) is 11.8 Å². The first-order valence-electron chi connectivity index (χ1n) is 5.74. The number of hydrogen-bond donors (Lipinski definition) is 2. The molecule has 3 nitrogen and oxygen atoms in total. The third-order valence-corrected chi connectivity index (χ3v) is 5.10. The number of nitrogens with one attached hydrogen (secondary N) is 1. The predicted octanol–water partition coefficient (Wildman–Crippen LogP) is 3.44. The van der Waals surface area contributed by atoms with Crippen molar-refractivity contribution in [2.45, 2.75) is 31.8 Å². The lowest BCUT2D eigenvalue weighted by atomic mass is 9.97. The van der Waals surface area contributed by atoms with E-state index in [4.69, 9.17) is 12.6 Å². The number of rotatable bonds is 4. The summed E-state index contributed by atoms with van der Waals surface area (Å²) in [6.45, 7) is 7.96. The molecule has 0 saturated carbocycles. The third kappa shape index (κ3) is 2.39. The van der Waals surface area contributed by atoms with Crippen LogP contribution in [0.1, 0.15) is 29.4 Å². The zero-order valence-electron chi connectivity index (χ0n) is 11.0. The maximum absolute atomic E-state index is 9.19. The van der Waals surface area contributed by atoms with Gasteiger partial charge in [0.15, 0.2) is 5.92 Å². The topological polar surface area (TPSA) is 63.4 Å². The summed E-state index contributed by atoms with van der Waals surface area (Å²) in [5.74, 6) is 0.0188. The fraction of sp³-hybridized carbons (Fsp3) is 0.538. The highest BCUT2D eigenvalue weighted by molar-refractivity contribution is 8.10. The lowest BCUT2D eigenvalue weighted by Gasteiger charge is -2.29. The van der Waals surface area contributed by atoms with E-state index < -0.39 is 10.00 Å². The van der Waals surface area contributed by atoms with E-state index in [1.807, 2.05) is 27.7 Å². The van der Waals surface area contributed by atoms with Gasteiger partial charge in [0.05, 0.1) is 12.1 Å². The number of thioether (sulfide) groups is 1. The van der Waals surface area contributed by atoms with Crippen LogP contribution >= 0.6 is 24.4 Å². The van der Waals surface area contributed by atoms with Gasteiger partial charge in [-0.05, 0) is 32.1 Å². The summed E-state index contributed by atoms with van der Waals surface area (Å²) in [5.41, 5.74) is 4.10. The van der Waals surface area contributed by atoms with Crippen LogP contribution in [0.15, 0.2) is 0 Å². The normalized spacial score (nSPS) is 14.0. The Morgan fingerprint density at radius 1 is 1.28 bits per heavy atom. The van der Waals surface area contributed by atoms with E-state index >= 15 is 0 Å². The average Bonchev–Trinajstić information content (AvgIpc) is 2.55. The van der Waals surface area contributed by atoms with Gasteiger partial charge < -0.3 is 4.98 Å². The molecule has 0 amide bonds. The van der Waals surface area contributed by atoms with E-state index in [0.29, 0.717) is 0 Å².